The summed E-state index contributed by atoms with van der Waals surface area (Å²) in [5, 5.41) is 4.22. The third kappa shape index (κ3) is 5.99. The van der Waals surface area contributed by atoms with E-state index in [4.69, 9.17) is 21.3 Å². The molecule has 5 rings (SSSR count). The summed E-state index contributed by atoms with van der Waals surface area (Å²) in [6, 6.07) is 15.1. The zero-order valence-electron chi connectivity index (χ0n) is 21.6. The van der Waals surface area contributed by atoms with Gasteiger partial charge in [0.1, 0.15) is 23.1 Å². The average Bonchev–Trinajstić information content (AvgIpc) is 2.90. The van der Waals surface area contributed by atoms with Gasteiger partial charge in [0.15, 0.2) is 0 Å². The zero-order chi connectivity index (χ0) is 26.6. The summed E-state index contributed by atoms with van der Waals surface area (Å²) in [5.41, 5.74) is 1.87. The van der Waals surface area contributed by atoms with Crippen molar-refractivity contribution in [1.29, 1.82) is 0 Å². The van der Waals surface area contributed by atoms with E-state index < -0.39 is 0 Å². The first-order valence-corrected chi connectivity index (χ1v) is 13.2. The van der Waals surface area contributed by atoms with Crippen LogP contribution in [-0.4, -0.2) is 70.9 Å². The standard InChI is InChI=1S/C28H31ClN6O3/c1-19-30-17-25-26(32-22-6-4-8-24(16-22)38-23-7-3-5-21(29)15-23)9-10-35(28(25)31-19)18-27(37)34-13-11-33(12-14-34)20(2)36/h3-8,15-17,26,32H,9-14,18H2,1-2H3. The maximum Gasteiger partial charge on any atom is 0.242 e. The van der Waals surface area contributed by atoms with Gasteiger partial charge in [-0.25, -0.2) is 9.97 Å². The van der Waals surface area contributed by atoms with E-state index in [-0.39, 0.29) is 24.4 Å². The predicted molar refractivity (Wildman–Crippen MR) is 147 cm³/mol. The second-order valence-electron chi connectivity index (χ2n) is 9.58. The number of rotatable bonds is 6. The molecule has 9 nitrogen and oxygen atoms in total. The molecule has 2 aliphatic heterocycles. The number of amides is 2. The summed E-state index contributed by atoms with van der Waals surface area (Å²) < 4.78 is 5.99. The number of hydrogen-bond acceptors (Lipinski definition) is 7. The summed E-state index contributed by atoms with van der Waals surface area (Å²) in [7, 11) is 0. The van der Waals surface area contributed by atoms with Crippen LogP contribution in [0.4, 0.5) is 11.5 Å². The van der Waals surface area contributed by atoms with E-state index in [2.05, 4.69) is 10.3 Å². The third-order valence-electron chi connectivity index (χ3n) is 6.89. The number of nitrogens with zero attached hydrogens (tertiary/aromatic N) is 5. The maximum absolute atomic E-state index is 13.1. The number of benzene rings is 2. The third-order valence-corrected chi connectivity index (χ3v) is 7.12. The number of fused-ring (bicyclic) bond motifs is 1. The summed E-state index contributed by atoms with van der Waals surface area (Å²) >= 11 is 6.09. The van der Waals surface area contributed by atoms with Gasteiger partial charge in [0.2, 0.25) is 11.8 Å². The molecule has 0 aliphatic carbocycles. The van der Waals surface area contributed by atoms with E-state index in [0.29, 0.717) is 55.1 Å². The van der Waals surface area contributed by atoms with Gasteiger partial charge in [-0.15, -0.1) is 0 Å². The number of halogens is 1. The van der Waals surface area contributed by atoms with Crippen molar-refractivity contribution in [2.75, 3.05) is 49.5 Å². The molecule has 3 heterocycles. The minimum absolute atomic E-state index is 0.0162. The molecule has 3 aromatic rings. The Morgan fingerprint density at radius 2 is 1.74 bits per heavy atom. The van der Waals surface area contributed by atoms with Crippen LogP contribution >= 0.6 is 11.6 Å². The lowest BCUT2D eigenvalue weighted by Crippen LogP contribution is -2.52. The van der Waals surface area contributed by atoms with Crippen LogP contribution in [0.25, 0.3) is 0 Å². The van der Waals surface area contributed by atoms with E-state index >= 15 is 0 Å². The lowest BCUT2D eigenvalue weighted by atomic mass is 10.00. The van der Waals surface area contributed by atoms with E-state index in [0.717, 1.165) is 23.5 Å². The topological polar surface area (TPSA) is 90.9 Å². The Kier molecular flexibility index (Phi) is 7.64. The highest BCUT2D eigenvalue weighted by Crippen LogP contribution is 2.35. The number of aryl methyl sites for hydroxylation is 1. The first-order valence-electron chi connectivity index (χ1n) is 12.8. The molecule has 1 fully saturated rings. The Hall–Kier alpha value is -3.85. The molecule has 0 bridgehead atoms. The average molecular weight is 535 g/mol. The van der Waals surface area contributed by atoms with Crippen molar-refractivity contribution >= 4 is 34.9 Å². The molecule has 1 unspecified atom stereocenters. The fourth-order valence-corrected chi connectivity index (χ4v) is 5.05. The number of hydrogen-bond donors (Lipinski definition) is 1. The van der Waals surface area contributed by atoms with Gasteiger partial charge >= 0.3 is 0 Å². The molecule has 0 saturated carbocycles. The molecular formula is C28H31ClN6O3. The highest BCUT2D eigenvalue weighted by Gasteiger charge is 2.30. The normalized spacial score (nSPS) is 17.1. The summed E-state index contributed by atoms with van der Waals surface area (Å²) in [6.07, 6.45) is 2.63. The Morgan fingerprint density at radius 3 is 2.47 bits per heavy atom. The van der Waals surface area contributed by atoms with Crippen LogP contribution in [0, 0.1) is 6.92 Å². The predicted octanol–water partition coefficient (Wildman–Crippen LogP) is 4.28. The Labute approximate surface area is 227 Å². The molecular weight excluding hydrogens is 504 g/mol. The van der Waals surface area contributed by atoms with Crippen LogP contribution in [0.15, 0.2) is 54.7 Å². The summed E-state index contributed by atoms with van der Waals surface area (Å²) in [5.74, 6) is 2.91. The second-order valence-corrected chi connectivity index (χ2v) is 10.0. The monoisotopic (exact) mass is 534 g/mol. The van der Waals surface area contributed by atoms with E-state index in [9.17, 15) is 9.59 Å². The van der Waals surface area contributed by atoms with E-state index in [1.807, 2.05) is 65.4 Å². The molecule has 0 spiro atoms. The Morgan fingerprint density at radius 1 is 1.03 bits per heavy atom. The number of ether oxygens (including phenoxy) is 1. The Bertz CT molecular complexity index is 1330. The van der Waals surface area contributed by atoms with Crippen LogP contribution in [-0.2, 0) is 9.59 Å². The smallest absolute Gasteiger partial charge is 0.242 e. The number of anilines is 2. The van der Waals surface area contributed by atoms with Gasteiger partial charge in [-0.3, -0.25) is 9.59 Å². The van der Waals surface area contributed by atoms with Gasteiger partial charge in [0, 0.05) is 68.2 Å². The first-order chi connectivity index (χ1) is 18.4. The number of carbonyl (C=O) groups excluding carboxylic acids is 2. The van der Waals surface area contributed by atoms with Gasteiger partial charge in [-0.1, -0.05) is 23.7 Å². The zero-order valence-corrected chi connectivity index (χ0v) is 22.3. The second kappa shape index (κ2) is 11.3. The number of nitrogens with one attached hydrogen (secondary N) is 1. The highest BCUT2D eigenvalue weighted by atomic mass is 35.5. The van der Waals surface area contributed by atoms with E-state index in [1.54, 1.807) is 17.9 Å². The molecule has 2 aliphatic rings. The molecule has 1 atom stereocenters. The SMILES string of the molecule is CC(=O)N1CCN(C(=O)CN2CCC(Nc3cccc(Oc4cccc(Cl)c4)c3)c3cnc(C)nc32)CC1. The van der Waals surface area contributed by atoms with Crippen molar-refractivity contribution in [3.63, 3.8) is 0 Å². The molecule has 10 heteroatoms. The lowest BCUT2D eigenvalue weighted by molar-refractivity contribution is -0.137. The summed E-state index contributed by atoms with van der Waals surface area (Å²) in [4.78, 5) is 39.6. The van der Waals surface area contributed by atoms with Crippen LogP contribution < -0.4 is 15.0 Å². The molecule has 2 aromatic carbocycles. The van der Waals surface area contributed by atoms with Gasteiger partial charge in [-0.05, 0) is 43.7 Å². The fourth-order valence-electron chi connectivity index (χ4n) is 4.87. The minimum atomic E-state index is -0.0162. The van der Waals surface area contributed by atoms with Crippen molar-refractivity contribution in [3.8, 4) is 11.5 Å². The highest BCUT2D eigenvalue weighted by molar-refractivity contribution is 6.30. The molecule has 0 radical (unpaired) electrons. The van der Waals surface area contributed by atoms with Crippen LogP contribution in [0.3, 0.4) is 0 Å². The van der Waals surface area contributed by atoms with Crippen molar-refractivity contribution in [2.45, 2.75) is 26.3 Å². The van der Waals surface area contributed by atoms with Gasteiger partial charge in [0.05, 0.1) is 12.6 Å². The molecule has 1 saturated heterocycles. The van der Waals surface area contributed by atoms with E-state index in [1.165, 1.54) is 0 Å². The maximum atomic E-state index is 13.1. The van der Waals surface area contributed by atoms with Crippen LogP contribution in [0.1, 0.15) is 30.8 Å². The largest absolute Gasteiger partial charge is 0.457 e. The fraction of sp³-hybridized carbons (Fsp3) is 0.357. The molecule has 1 N–H and O–H groups in total. The summed E-state index contributed by atoms with van der Waals surface area (Å²) in [6.45, 7) is 6.61. The molecule has 198 valence electrons. The van der Waals surface area contributed by atoms with Crippen molar-refractivity contribution in [1.82, 2.24) is 19.8 Å². The van der Waals surface area contributed by atoms with Crippen molar-refractivity contribution < 1.29 is 14.3 Å². The van der Waals surface area contributed by atoms with Gasteiger partial charge < -0.3 is 24.8 Å². The van der Waals surface area contributed by atoms with Crippen LogP contribution in [0.5, 0.6) is 11.5 Å². The van der Waals surface area contributed by atoms with Crippen molar-refractivity contribution in [2.24, 2.45) is 0 Å². The molecule has 1 aromatic heterocycles. The van der Waals surface area contributed by atoms with Gasteiger partial charge in [0.25, 0.3) is 0 Å². The first kappa shape index (κ1) is 25.8. The molecule has 38 heavy (non-hydrogen) atoms. The minimum Gasteiger partial charge on any atom is -0.457 e. The molecule has 2 amide bonds. The number of aromatic nitrogens is 2. The number of carbonyl (C=O) groups is 2. The van der Waals surface area contributed by atoms with Gasteiger partial charge in [-0.2, -0.15) is 0 Å². The Balaban J connectivity index is 1.28. The van der Waals surface area contributed by atoms with Crippen molar-refractivity contribution in [3.05, 3.63) is 71.1 Å². The number of piperazine rings is 1. The quantitative estimate of drug-likeness (QED) is 0.504. The van der Waals surface area contributed by atoms with Crippen LogP contribution in [0.2, 0.25) is 5.02 Å². The lowest BCUT2D eigenvalue weighted by Gasteiger charge is -2.38.